The molecular formula is C17H16ClF3N2O2. The molecule has 0 aliphatic rings. The molecule has 0 spiro atoms. The van der Waals surface area contributed by atoms with E-state index in [1.807, 2.05) is 0 Å². The zero-order valence-electron chi connectivity index (χ0n) is 13.4. The number of halogens is 4. The fourth-order valence-corrected chi connectivity index (χ4v) is 2.50. The Balaban J connectivity index is 2.20. The van der Waals surface area contributed by atoms with Crippen LogP contribution in [0.25, 0.3) is 0 Å². The largest absolute Gasteiger partial charge is 0.458 e. The van der Waals surface area contributed by atoms with Gasteiger partial charge in [0.1, 0.15) is 6.10 Å². The second-order valence-corrected chi connectivity index (χ2v) is 5.82. The van der Waals surface area contributed by atoms with Crippen LogP contribution in [0.15, 0.2) is 36.4 Å². The van der Waals surface area contributed by atoms with E-state index in [0.29, 0.717) is 5.69 Å². The maximum atomic E-state index is 12.8. The molecule has 0 heterocycles. The van der Waals surface area contributed by atoms with Crippen molar-refractivity contribution in [2.24, 2.45) is 0 Å². The van der Waals surface area contributed by atoms with Crippen molar-refractivity contribution in [1.29, 1.82) is 0 Å². The van der Waals surface area contributed by atoms with Gasteiger partial charge in [0.25, 0.3) is 0 Å². The Bertz CT molecular complexity index is 777. The van der Waals surface area contributed by atoms with Crippen molar-refractivity contribution in [1.82, 2.24) is 0 Å². The lowest BCUT2D eigenvalue weighted by atomic mass is 10.1. The van der Waals surface area contributed by atoms with Crippen LogP contribution in [-0.4, -0.2) is 5.97 Å². The van der Waals surface area contributed by atoms with Gasteiger partial charge < -0.3 is 15.8 Å². The minimum atomic E-state index is -4.57. The summed E-state index contributed by atoms with van der Waals surface area (Å²) in [6.45, 7) is 3.06. The van der Waals surface area contributed by atoms with Crippen LogP contribution in [0.3, 0.4) is 0 Å². The van der Waals surface area contributed by atoms with Crippen molar-refractivity contribution in [2.45, 2.75) is 26.1 Å². The standard InChI is InChI=1S/C17H16ClF3N2O2/c1-9(25-10(2)24)11-3-5-12(6-4-11)23-16-8-14(18)13(7-15(16)22)17(19,20)21/h3-9,23H,22H2,1-2H3. The molecule has 2 aromatic carbocycles. The van der Waals surface area contributed by atoms with Gasteiger partial charge in [0.2, 0.25) is 0 Å². The lowest BCUT2D eigenvalue weighted by molar-refractivity contribution is -0.145. The van der Waals surface area contributed by atoms with E-state index in [9.17, 15) is 18.0 Å². The number of carbonyl (C=O) groups is 1. The van der Waals surface area contributed by atoms with Crippen molar-refractivity contribution in [2.75, 3.05) is 11.1 Å². The Hall–Kier alpha value is -2.41. The number of nitrogen functional groups attached to an aromatic ring is 1. The van der Waals surface area contributed by atoms with Gasteiger partial charge in [-0.2, -0.15) is 13.2 Å². The highest BCUT2D eigenvalue weighted by atomic mass is 35.5. The Morgan fingerprint density at radius 3 is 2.36 bits per heavy atom. The van der Waals surface area contributed by atoms with E-state index in [1.54, 1.807) is 31.2 Å². The first-order valence-corrected chi connectivity index (χ1v) is 7.66. The number of esters is 1. The molecule has 0 saturated heterocycles. The van der Waals surface area contributed by atoms with Gasteiger partial charge in [-0.05, 0) is 36.8 Å². The third-order valence-corrected chi connectivity index (χ3v) is 3.76. The average molecular weight is 373 g/mol. The van der Waals surface area contributed by atoms with Crippen molar-refractivity contribution in [3.8, 4) is 0 Å². The number of alkyl halides is 3. The summed E-state index contributed by atoms with van der Waals surface area (Å²) in [5.41, 5.74) is 6.27. The number of nitrogens with two attached hydrogens (primary N) is 1. The normalized spacial score (nSPS) is 12.6. The molecule has 1 unspecified atom stereocenters. The van der Waals surface area contributed by atoms with E-state index in [-0.39, 0.29) is 17.3 Å². The number of hydrogen-bond acceptors (Lipinski definition) is 4. The smallest absolute Gasteiger partial charge is 0.417 e. The van der Waals surface area contributed by atoms with E-state index in [1.165, 1.54) is 6.92 Å². The fraction of sp³-hybridized carbons (Fsp3) is 0.235. The Kier molecular flexibility index (Phi) is 5.47. The van der Waals surface area contributed by atoms with E-state index in [0.717, 1.165) is 17.7 Å². The highest BCUT2D eigenvalue weighted by Crippen LogP contribution is 2.39. The van der Waals surface area contributed by atoms with Gasteiger partial charge in [-0.3, -0.25) is 4.79 Å². The van der Waals surface area contributed by atoms with E-state index < -0.39 is 22.9 Å². The molecule has 0 aliphatic carbocycles. The maximum Gasteiger partial charge on any atom is 0.417 e. The van der Waals surface area contributed by atoms with Gasteiger partial charge in [0.05, 0.1) is 22.0 Å². The summed E-state index contributed by atoms with van der Waals surface area (Å²) in [5, 5.41) is 2.47. The monoisotopic (exact) mass is 372 g/mol. The summed E-state index contributed by atoms with van der Waals surface area (Å²) in [7, 11) is 0. The summed E-state index contributed by atoms with van der Waals surface area (Å²) >= 11 is 5.70. The molecule has 0 bridgehead atoms. The van der Waals surface area contributed by atoms with Crippen LogP contribution in [0.2, 0.25) is 5.02 Å². The van der Waals surface area contributed by atoms with Crippen LogP contribution in [0.4, 0.5) is 30.2 Å². The summed E-state index contributed by atoms with van der Waals surface area (Å²) in [4.78, 5) is 11.0. The number of nitrogens with one attached hydrogen (secondary N) is 1. The Morgan fingerprint density at radius 2 is 1.84 bits per heavy atom. The van der Waals surface area contributed by atoms with Crippen molar-refractivity contribution in [3.05, 3.63) is 52.5 Å². The molecule has 0 fully saturated rings. The summed E-state index contributed by atoms with van der Waals surface area (Å²) < 4.78 is 43.5. The van der Waals surface area contributed by atoms with Gasteiger partial charge in [-0.1, -0.05) is 23.7 Å². The van der Waals surface area contributed by atoms with Crippen LogP contribution in [0, 0.1) is 0 Å². The molecule has 0 amide bonds. The predicted octanol–water partition coefficient (Wildman–Crippen LogP) is 5.31. The minimum absolute atomic E-state index is 0.0749. The van der Waals surface area contributed by atoms with Gasteiger partial charge in [-0.25, -0.2) is 0 Å². The number of rotatable bonds is 4. The fourth-order valence-electron chi connectivity index (χ4n) is 2.23. The van der Waals surface area contributed by atoms with E-state index in [2.05, 4.69) is 5.32 Å². The SMILES string of the molecule is CC(=O)OC(C)c1ccc(Nc2cc(Cl)c(C(F)(F)F)cc2N)cc1. The number of hydrogen-bond donors (Lipinski definition) is 2. The quantitative estimate of drug-likeness (QED) is 0.564. The van der Waals surface area contributed by atoms with Gasteiger partial charge >= 0.3 is 12.1 Å². The van der Waals surface area contributed by atoms with Crippen LogP contribution in [0.5, 0.6) is 0 Å². The summed E-state index contributed by atoms with van der Waals surface area (Å²) in [6.07, 6.45) is -4.98. The van der Waals surface area contributed by atoms with E-state index >= 15 is 0 Å². The molecule has 2 rings (SSSR count). The first kappa shape index (κ1) is 18.9. The second kappa shape index (κ2) is 7.23. The summed E-state index contributed by atoms with van der Waals surface area (Å²) in [5.74, 6) is -0.387. The third kappa shape index (κ3) is 4.79. The summed E-state index contributed by atoms with van der Waals surface area (Å²) in [6, 6.07) is 8.78. The highest BCUT2D eigenvalue weighted by molar-refractivity contribution is 6.32. The van der Waals surface area contributed by atoms with Crippen molar-refractivity contribution >= 4 is 34.6 Å². The first-order chi connectivity index (χ1) is 11.6. The molecule has 0 aromatic heterocycles. The molecule has 0 aliphatic heterocycles. The molecule has 8 heteroatoms. The number of carbonyl (C=O) groups excluding carboxylic acids is 1. The lowest BCUT2D eigenvalue weighted by Crippen LogP contribution is -2.08. The third-order valence-electron chi connectivity index (χ3n) is 3.45. The first-order valence-electron chi connectivity index (χ1n) is 7.28. The molecule has 4 nitrogen and oxygen atoms in total. The topological polar surface area (TPSA) is 64.3 Å². The highest BCUT2D eigenvalue weighted by Gasteiger charge is 2.33. The molecule has 25 heavy (non-hydrogen) atoms. The molecular weight excluding hydrogens is 357 g/mol. The van der Waals surface area contributed by atoms with Gasteiger partial charge in [0, 0.05) is 12.6 Å². The molecule has 0 saturated carbocycles. The lowest BCUT2D eigenvalue weighted by Gasteiger charge is -2.16. The van der Waals surface area contributed by atoms with Crippen LogP contribution in [-0.2, 0) is 15.7 Å². The average Bonchev–Trinajstić information content (AvgIpc) is 2.49. The molecule has 0 radical (unpaired) electrons. The van der Waals surface area contributed by atoms with Crippen LogP contribution >= 0.6 is 11.6 Å². The number of anilines is 3. The van der Waals surface area contributed by atoms with Gasteiger partial charge in [0.15, 0.2) is 0 Å². The van der Waals surface area contributed by atoms with Crippen molar-refractivity contribution in [3.63, 3.8) is 0 Å². The predicted molar refractivity (Wildman–Crippen MR) is 90.8 cm³/mol. The molecule has 134 valence electrons. The van der Waals surface area contributed by atoms with E-state index in [4.69, 9.17) is 22.1 Å². The van der Waals surface area contributed by atoms with Gasteiger partial charge in [-0.15, -0.1) is 0 Å². The Labute approximate surface area is 147 Å². The molecule has 3 N–H and O–H groups in total. The Morgan fingerprint density at radius 1 is 1.24 bits per heavy atom. The number of benzene rings is 2. The maximum absolute atomic E-state index is 12.8. The zero-order chi connectivity index (χ0) is 18.8. The zero-order valence-corrected chi connectivity index (χ0v) is 14.2. The van der Waals surface area contributed by atoms with Crippen molar-refractivity contribution < 1.29 is 22.7 Å². The molecule has 1 atom stereocenters. The van der Waals surface area contributed by atoms with Crippen LogP contribution < -0.4 is 11.1 Å². The van der Waals surface area contributed by atoms with Crippen LogP contribution in [0.1, 0.15) is 31.1 Å². The molecule has 2 aromatic rings. The minimum Gasteiger partial charge on any atom is -0.458 e. The number of ether oxygens (including phenoxy) is 1. The second-order valence-electron chi connectivity index (χ2n) is 5.42.